The molecule has 0 radical (unpaired) electrons. The lowest BCUT2D eigenvalue weighted by Gasteiger charge is -2.22. The van der Waals surface area contributed by atoms with Crippen LogP contribution in [0.3, 0.4) is 0 Å². The van der Waals surface area contributed by atoms with Gasteiger partial charge >= 0.3 is 0 Å². The van der Waals surface area contributed by atoms with Crippen LogP contribution in [0.25, 0.3) is 0 Å². The van der Waals surface area contributed by atoms with Gasteiger partial charge < -0.3 is 15.2 Å². The Hall–Kier alpha value is -1.12. The maximum atomic E-state index is 12.1. The molecule has 1 rings (SSSR count). The molecule has 0 bridgehead atoms. The second kappa shape index (κ2) is 9.24. The van der Waals surface area contributed by atoms with Crippen molar-refractivity contribution in [2.75, 3.05) is 32.6 Å². The van der Waals surface area contributed by atoms with Crippen LogP contribution < -0.4 is 5.73 Å². The van der Waals surface area contributed by atoms with Crippen molar-refractivity contribution < 1.29 is 23.9 Å². The zero-order valence-electron chi connectivity index (χ0n) is 14.0. The summed E-state index contributed by atoms with van der Waals surface area (Å²) in [5.74, 6) is -0.354. The molecule has 7 nitrogen and oxygen atoms in total. The number of nitrogens with zero attached hydrogens (tertiary/aromatic N) is 1. The molecule has 0 saturated carbocycles. The number of rotatable bonds is 11. The maximum Gasteiger partial charge on any atom is 0.242 e. The van der Waals surface area contributed by atoms with Gasteiger partial charge in [-0.15, -0.1) is 11.8 Å². The van der Waals surface area contributed by atoms with Crippen molar-refractivity contribution in [3.05, 3.63) is 0 Å². The van der Waals surface area contributed by atoms with Crippen LogP contribution in [-0.4, -0.2) is 66.1 Å². The van der Waals surface area contributed by atoms with Gasteiger partial charge in [-0.05, 0) is 20.3 Å². The Morgan fingerprint density at radius 3 is 2.70 bits per heavy atom. The minimum absolute atomic E-state index is 0.00721. The number of amides is 3. The molecule has 1 fully saturated rings. The van der Waals surface area contributed by atoms with Gasteiger partial charge in [0.1, 0.15) is 0 Å². The summed E-state index contributed by atoms with van der Waals surface area (Å²) in [6.45, 7) is 5.17. The highest BCUT2D eigenvalue weighted by molar-refractivity contribution is 8.00. The van der Waals surface area contributed by atoms with Crippen LogP contribution in [0.15, 0.2) is 0 Å². The lowest BCUT2D eigenvalue weighted by molar-refractivity contribution is -0.138. The van der Waals surface area contributed by atoms with Crippen molar-refractivity contribution in [1.82, 2.24) is 4.90 Å². The van der Waals surface area contributed by atoms with Crippen LogP contribution in [-0.2, 0) is 23.9 Å². The van der Waals surface area contributed by atoms with E-state index in [1.54, 1.807) is 7.11 Å². The van der Waals surface area contributed by atoms with E-state index in [4.69, 9.17) is 15.2 Å². The number of hydrogen-bond acceptors (Lipinski definition) is 6. The molecule has 0 aromatic rings. The van der Waals surface area contributed by atoms with Crippen molar-refractivity contribution in [3.8, 4) is 0 Å². The van der Waals surface area contributed by atoms with Crippen LogP contribution in [0, 0.1) is 0 Å². The molecule has 0 aromatic heterocycles. The van der Waals surface area contributed by atoms with Gasteiger partial charge in [-0.2, -0.15) is 0 Å². The molecule has 132 valence electrons. The van der Waals surface area contributed by atoms with Crippen molar-refractivity contribution >= 4 is 29.5 Å². The van der Waals surface area contributed by atoms with Gasteiger partial charge in [0.05, 0.1) is 17.5 Å². The predicted octanol–water partition coefficient (Wildman–Crippen LogP) is 0.554. The molecule has 1 aliphatic rings. The Bertz CT molecular complexity index is 442. The molecule has 23 heavy (non-hydrogen) atoms. The van der Waals surface area contributed by atoms with Gasteiger partial charge in [-0.3, -0.25) is 19.3 Å². The average Bonchev–Trinajstić information content (AvgIpc) is 2.75. The molecule has 1 unspecified atom stereocenters. The number of carbonyl (C=O) groups excluding carboxylic acids is 3. The smallest absolute Gasteiger partial charge is 0.242 e. The molecule has 8 heteroatoms. The average molecular weight is 346 g/mol. The molecule has 0 spiro atoms. The number of nitrogens with two attached hydrogens (primary N) is 1. The molecule has 2 N–H and O–H groups in total. The first-order chi connectivity index (χ1) is 10.8. The van der Waals surface area contributed by atoms with E-state index in [1.165, 1.54) is 11.8 Å². The first-order valence-electron chi connectivity index (χ1n) is 7.64. The van der Waals surface area contributed by atoms with Gasteiger partial charge in [-0.1, -0.05) is 0 Å². The minimum atomic E-state index is -0.519. The molecule has 0 aromatic carbocycles. The summed E-state index contributed by atoms with van der Waals surface area (Å²) in [5.41, 5.74) is 4.84. The number of likely N-dealkylation sites (tertiary alicyclic amines) is 1. The summed E-state index contributed by atoms with van der Waals surface area (Å²) in [6.07, 6.45) is 0.974. The molecular formula is C15H26N2O5S. The third-order valence-corrected chi connectivity index (χ3v) is 4.91. The number of ether oxygens (including phenoxy) is 2. The highest BCUT2D eigenvalue weighted by Crippen LogP contribution is 2.25. The Balaban J connectivity index is 2.22. The molecule has 1 aliphatic heterocycles. The Kier molecular flexibility index (Phi) is 8.01. The highest BCUT2D eigenvalue weighted by Gasteiger charge is 2.38. The van der Waals surface area contributed by atoms with E-state index < -0.39 is 5.91 Å². The fourth-order valence-corrected chi connectivity index (χ4v) is 3.04. The fraction of sp³-hybridized carbons (Fsp3) is 0.800. The number of imide groups is 1. The normalized spacial score (nSPS) is 18.7. The molecule has 0 aliphatic carbocycles. The monoisotopic (exact) mass is 346 g/mol. The number of methoxy groups -OCH3 is 1. The van der Waals surface area contributed by atoms with Crippen LogP contribution in [0.5, 0.6) is 0 Å². The summed E-state index contributed by atoms with van der Waals surface area (Å²) < 4.78 is 10.8. The topological polar surface area (TPSA) is 98.9 Å². The van der Waals surface area contributed by atoms with Crippen molar-refractivity contribution in [1.29, 1.82) is 0 Å². The quantitative estimate of drug-likeness (QED) is 0.433. The lowest BCUT2D eigenvalue weighted by atomic mass is 10.1. The maximum absolute atomic E-state index is 12.1. The van der Waals surface area contributed by atoms with E-state index in [0.29, 0.717) is 19.0 Å². The van der Waals surface area contributed by atoms with E-state index in [2.05, 4.69) is 0 Å². The Labute approximate surface area is 141 Å². The summed E-state index contributed by atoms with van der Waals surface area (Å²) >= 11 is 1.41. The summed E-state index contributed by atoms with van der Waals surface area (Å²) in [4.78, 5) is 35.8. The SMILES string of the molecule is COC(C)(C)CCOCCSC1CC(=O)N(CCC(N)=O)C1=O. The summed E-state index contributed by atoms with van der Waals surface area (Å²) in [6, 6.07) is 0. The van der Waals surface area contributed by atoms with Gasteiger partial charge in [0.25, 0.3) is 0 Å². The number of thioether (sulfide) groups is 1. The zero-order valence-corrected chi connectivity index (χ0v) is 14.8. The van der Waals surface area contributed by atoms with E-state index in [9.17, 15) is 14.4 Å². The number of carbonyl (C=O) groups is 3. The van der Waals surface area contributed by atoms with Gasteiger partial charge in [0.15, 0.2) is 0 Å². The van der Waals surface area contributed by atoms with Crippen molar-refractivity contribution in [2.24, 2.45) is 5.73 Å². The fourth-order valence-electron chi connectivity index (χ4n) is 2.01. The van der Waals surface area contributed by atoms with E-state index >= 15 is 0 Å². The number of hydrogen-bond donors (Lipinski definition) is 1. The van der Waals surface area contributed by atoms with Gasteiger partial charge in [0, 0.05) is 38.9 Å². The van der Waals surface area contributed by atoms with Crippen LogP contribution in [0.1, 0.15) is 33.1 Å². The Morgan fingerprint density at radius 1 is 1.39 bits per heavy atom. The van der Waals surface area contributed by atoms with Crippen LogP contribution in [0.2, 0.25) is 0 Å². The van der Waals surface area contributed by atoms with Crippen molar-refractivity contribution in [3.63, 3.8) is 0 Å². The van der Waals surface area contributed by atoms with E-state index in [0.717, 1.165) is 11.3 Å². The predicted molar refractivity (Wildman–Crippen MR) is 87.9 cm³/mol. The second-order valence-electron chi connectivity index (χ2n) is 5.99. The molecule has 1 heterocycles. The molecule has 1 saturated heterocycles. The minimum Gasteiger partial charge on any atom is -0.380 e. The van der Waals surface area contributed by atoms with Crippen LogP contribution in [0.4, 0.5) is 0 Å². The first kappa shape index (κ1) is 19.9. The largest absolute Gasteiger partial charge is 0.380 e. The summed E-state index contributed by atoms with van der Waals surface area (Å²) in [7, 11) is 1.67. The zero-order chi connectivity index (χ0) is 17.5. The lowest BCUT2D eigenvalue weighted by Crippen LogP contribution is -2.34. The molecular weight excluding hydrogens is 320 g/mol. The molecule has 3 amide bonds. The number of primary amides is 1. The highest BCUT2D eigenvalue weighted by atomic mass is 32.2. The summed E-state index contributed by atoms with van der Waals surface area (Å²) in [5, 5.41) is -0.380. The standard InChI is InChI=1S/C15H26N2O5S/c1-15(2,21-3)5-7-22-8-9-23-11-10-13(19)17(14(11)20)6-4-12(16)18/h11H,4-10H2,1-3H3,(H2,16,18). The third-order valence-electron chi connectivity index (χ3n) is 3.73. The third kappa shape index (κ3) is 6.88. The van der Waals surface area contributed by atoms with Gasteiger partial charge in [-0.25, -0.2) is 0 Å². The second-order valence-corrected chi connectivity index (χ2v) is 7.30. The van der Waals surface area contributed by atoms with E-state index in [-0.39, 0.29) is 42.1 Å². The first-order valence-corrected chi connectivity index (χ1v) is 8.68. The van der Waals surface area contributed by atoms with Gasteiger partial charge in [0.2, 0.25) is 17.7 Å². The molecule has 1 atom stereocenters. The van der Waals surface area contributed by atoms with Crippen molar-refractivity contribution in [2.45, 2.75) is 44.0 Å². The Morgan fingerprint density at radius 2 is 2.09 bits per heavy atom. The van der Waals surface area contributed by atoms with Crippen LogP contribution >= 0.6 is 11.8 Å². The van der Waals surface area contributed by atoms with E-state index in [1.807, 2.05) is 13.8 Å².